The molecule has 0 spiro atoms. The van der Waals surface area contributed by atoms with Crippen LogP contribution in [0.4, 0.5) is 5.95 Å². The molecule has 2 aromatic carbocycles. The largest absolute Gasteiger partial charge is 0.347 e. The first kappa shape index (κ1) is 18.9. The Bertz CT molecular complexity index is 884. The van der Waals surface area contributed by atoms with Crippen LogP contribution in [0.3, 0.4) is 0 Å². The first-order valence-electron chi connectivity index (χ1n) is 8.80. The van der Waals surface area contributed by atoms with Crippen LogP contribution in [0.1, 0.15) is 28.5 Å². The van der Waals surface area contributed by atoms with Crippen LogP contribution in [0, 0.1) is 0 Å². The lowest BCUT2D eigenvalue weighted by Crippen LogP contribution is -2.27. The lowest BCUT2D eigenvalue weighted by atomic mass is 10.2. The van der Waals surface area contributed by atoms with E-state index in [-0.39, 0.29) is 5.91 Å². The van der Waals surface area contributed by atoms with Gasteiger partial charge in [0.2, 0.25) is 5.95 Å². The summed E-state index contributed by atoms with van der Waals surface area (Å²) in [4.78, 5) is 23.3. The topological polar surface area (TPSA) is 58.1 Å². The summed E-state index contributed by atoms with van der Waals surface area (Å²) in [6.45, 7) is 3.88. The smallest absolute Gasteiger partial charge is 0.270 e. The highest BCUT2D eigenvalue weighted by atomic mass is 35.5. The fourth-order valence-corrected chi connectivity index (χ4v) is 2.76. The standard InChI is InChI=1S/C21H21ClN4O/c1-2-26(15-17-6-4-3-5-7-17)21-23-13-12-19(25-21)20(27)24-14-16-8-10-18(22)11-9-16/h3-13H,2,14-15H2,1H3,(H,24,27). The second-order valence-electron chi connectivity index (χ2n) is 6.05. The number of benzene rings is 2. The van der Waals surface area contributed by atoms with Gasteiger partial charge in [0, 0.05) is 30.9 Å². The zero-order valence-corrected chi connectivity index (χ0v) is 15.9. The summed E-state index contributed by atoms with van der Waals surface area (Å²) in [7, 11) is 0. The normalized spacial score (nSPS) is 10.4. The van der Waals surface area contributed by atoms with Gasteiger partial charge in [-0.05, 0) is 36.2 Å². The third-order valence-corrected chi connectivity index (χ3v) is 4.37. The third-order valence-electron chi connectivity index (χ3n) is 4.12. The van der Waals surface area contributed by atoms with Gasteiger partial charge in [-0.3, -0.25) is 4.79 Å². The van der Waals surface area contributed by atoms with Gasteiger partial charge in [0.1, 0.15) is 5.69 Å². The Hall–Kier alpha value is -2.92. The molecular weight excluding hydrogens is 360 g/mol. The summed E-state index contributed by atoms with van der Waals surface area (Å²) in [5.74, 6) is 0.310. The Morgan fingerprint density at radius 1 is 1.04 bits per heavy atom. The molecule has 3 aromatic rings. The molecule has 1 heterocycles. The van der Waals surface area contributed by atoms with E-state index >= 15 is 0 Å². The third kappa shape index (κ3) is 5.28. The van der Waals surface area contributed by atoms with Crippen molar-refractivity contribution >= 4 is 23.5 Å². The maximum atomic E-state index is 12.5. The van der Waals surface area contributed by atoms with E-state index in [9.17, 15) is 4.79 Å². The van der Waals surface area contributed by atoms with Crippen LogP contribution in [0.25, 0.3) is 0 Å². The van der Waals surface area contributed by atoms with Crippen LogP contribution in [-0.2, 0) is 13.1 Å². The van der Waals surface area contributed by atoms with Gasteiger partial charge in [0.05, 0.1) is 0 Å². The van der Waals surface area contributed by atoms with Crippen molar-refractivity contribution in [1.82, 2.24) is 15.3 Å². The van der Waals surface area contributed by atoms with Crippen molar-refractivity contribution in [2.24, 2.45) is 0 Å². The van der Waals surface area contributed by atoms with Crippen LogP contribution in [0.5, 0.6) is 0 Å². The minimum atomic E-state index is -0.232. The fourth-order valence-electron chi connectivity index (χ4n) is 2.63. The number of nitrogens with zero attached hydrogens (tertiary/aromatic N) is 3. The fraction of sp³-hybridized carbons (Fsp3) is 0.190. The number of hydrogen-bond acceptors (Lipinski definition) is 4. The Balaban J connectivity index is 1.67. The number of halogens is 1. The molecule has 0 bridgehead atoms. The zero-order valence-electron chi connectivity index (χ0n) is 15.1. The van der Waals surface area contributed by atoms with Gasteiger partial charge in [-0.15, -0.1) is 0 Å². The summed E-state index contributed by atoms with van der Waals surface area (Å²) in [5, 5.41) is 3.55. The second kappa shape index (κ2) is 9.14. The molecule has 0 atom stereocenters. The maximum absolute atomic E-state index is 12.5. The minimum absolute atomic E-state index is 0.232. The van der Waals surface area contributed by atoms with E-state index < -0.39 is 0 Å². The molecule has 6 heteroatoms. The van der Waals surface area contributed by atoms with E-state index in [0.717, 1.165) is 12.1 Å². The molecule has 5 nitrogen and oxygen atoms in total. The van der Waals surface area contributed by atoms with Crippen molar-refractivity contribution in [3.63, 3.8) is 0 Å². The lowest BCUT2D eigenvalue weighted by Gasteiger charge is -2.21. The Kier molecular flexibility index (Phi) is 6.39. The summed E-state index contributed by atoms with van der Waals surface area (Å²) >= 11 is 5.88. The molecule has 0 radical (unpaired) electrons. The molecular formula is C21H21ClN4O. The minimum Gasteiger partial charge on any atom is -0.347 e. The average Bonchev–Trinajstić information content (AvgIpc) is 2.72. The Morgan fingerprint density at radius 3 is 2.48 bits per heavy atom. The van der Waals surface area contributed by atoms with E-state index in [4.69, 9.17) is 11.6 Å². The lowest BCUT2D eigenvalue weighted by molar-refractivity contribution is 0.0946. The van der Waals surface area contributed by atoms with E-state index in [1.54, 1.807) is 24.4 Å². The van der Waals surface area contributed by atoms with Gasteiger partial charge < -0.3 is 10.2 Å². The summed E-state index contributed by atoms with van der Waals surface area (Å²) < 4.78 is 0. The van der Waals surface area contributed by atoms with Crippen LogP contribution in [0.2, 0.25) is 5.02 Å². The monoisotopic (exact) mass is 380 g/mol. The zero-order chi connectivity index (χ0) is 19.1. The summed E-state index contributed by atoms with van der Waals surface area (Å²) in [6, 6.07) is 19.1. The number of carbonyl (C=O) groups excluding carboxylic acids is 1. The summed E-state index contributed by atoms with van der Waals surface area (Å²) in [5.41, 5.74) is 2.49. The molecule has 0 saturated carbocycles. The molecule has 1 amide bonds. The van der Waals surface area contributed by atoms with E-state index in [1.807, 2.05) is 42.2 Å². The highest BCUT2D eigenvalue weighted by Crippen LogP contribution is 2.13. The SMILES string of the molecule is CCN(Cc1ccccc1)c1nccc(C(=O)NCc2ccc(Cl)cc2)n1. The van der Waals surface area contributed by atoms with Gasteiger partial charge >= 0.3 is 0 Å². The predicted octanol–water partition coefficient (Wildman–Crippen LogP) is 4.09. The Labute approximate surface area is 164 Å². The highest BCUT2D eigenvalue weighted by molar-refractivity contribution is 6.30. The maximum Gasteiger partial charge on any atom is 0.270 e. The van der Waals surface area contributed by atoms with Gasteiger partial charge in [0.25, 0.3) is 5.91 Å². The number of anilines is 1. The molecule has 0 aliphatic carbocycles. The van der Waals surface area contributed by atoms with Crippen molar-refractivity contribution < 1.29 is 4.79 Å². The molecule has 27 heavy (non-hydrogen) atoms. The van der Waals surface area contributed by atoms with E-state index in [2.05, 4.69) is 27.4 Å². The van der Waals surface area contributed by atoms with E-state index in [0.29, 0.717) is 29.8 Å². The molecule has 0 aliphatic heterocycles. The van der Waals surface area contributed by atoms with Gasteiger partial charge in [-0.1, -0.05) is 54.1 Å². The number of nitrogens with one attached hydrogen (secondary N) is 1. The van der Waals surface area contributed by atoms with Crippen molar-refractivity contribution in [3.8, 4) is 0 Å². The van der Waals surface area contributed by atoms with Crippen LogP contribution in [-0.4, -0.2) is 22.4 Å². The van der Waals surface area contributed by atoms with Crippen LogP contribution >= 0.6 is 11.6 Å². The molecule has 0 saturated heterocycles. The molecule has 3 rings (SSSR count). The van der Waals surface area contributed by atoms with Crippen molar-refractivity contribution in [1.29, 1.82) is 0 Å². The number of carbonyl (C=O) groups is 1. The average molecular weight is 381 g/mol. The second-order valence-corrected chi connectivity index (χ2v) is 6.49. The van der Waals surface area contributed by atoms with Crippen LogP contribution in [0.15, 0.2) is 66.9 Å². The number of rotatable bonds is 7. The highest BCUT2D eigenvalue weighted by Gasteiger charge is 2.13. The molecule has 138 valence electrons. The summed E-state index contributed by atoms with van der Waals surface area (Å²) in [6.07, 6.45) is 1.62. The van der Waals surface area contributed by atoms with Gasteiger partial charge in [-0.25, -0.2) is 9.97 Å². The first-order valence-corrected chi connectivity index (χ1v) is 9.18. The quantitative estimate of drug-likeness (QED) is 0.670. The van der Waals surface area contributed by atoms with Gasteiger partial charge in [-0.2, -0.15) is 0 Å². The van der Waals surface area contributed by atoms with Crippen molar-refractivity contribution in [3.05, 3.63) is 88.7 Å². The molecule has 1 aromatic heterocycles. The molecule has 1 N–H and O–H groups in total. The van der Waals surface area contributed by atoms with E-state index in [1.165, 1.54) is 5.56 Å². The van der Waals surface area contributed by atoms with Crippen molar-refractivity contribution in [2.45, 2.75) is 20.0 Å². The Morgan fingerprint density at radius 2 is 1.78 bits per heavy atom. The number of hydrogen-bond donors (Lipinski definition) is 1. The molecule has 0 aliphatic rings. The molecule has 0 unspecified atom stereocenters. The predicted molar refractivity (Wildman–Crippen MR) is 108 cm³/mol. The molecule has 0 fully saturated rings. The first-order chi connectivity index (χ1) is 13.2. The van der Waals surface area contributed by atoms with Gasteiger partial charge in [0.15, 0.2) is 0 Å². The number of amides is 1. The van der Waals surface area contributed by atoms with Crippen molar-refractivity contribution in [2.75, 3.05) is 11.4 Å². The number of aromatic nitrogens is 2. The van der Waals surface area contributed by atoms with Crippen LogP contribution < -0.4 is 10.2 Å².